The van der Waals surface area contributed by atoms with Crippen LogP contribution >= 0.6 is 0 Å². The van der Waals surface area contributed by atoms with Crippen molar-refractivity contribution < 1.29 is 25.3 Å². The maximum Gasteiger partial charge on any atom is 0.320 e. The van der Waals surface area contributed by atoms with Crippen molar-refractivity contribution in [1.82, 2.24) is 0 Å². The van der Waals surface area contributed by atoms with Crippen LogP contribution in [0.5, 0.6) is 0 Å². The Labute approximate surface area is 62.9 Å². The fourth-order valence-corrected chi connectivity index (χ4v) is 0.402. The van der Waals surface area contributed by atoms with Gasteiger partial charge >= 0.3 is 11.9 Å². The third-order valence-electron chi connectivity index (χ3n) is 0.986. The van der Waals surface area contributed by atoms with Crippen molar-refractivity contribution >= 4 is 11.9 Å². The van der Waals surface area contributed by atoms with Crippen LogP contribution in [0.1, 0.15) is 12.8 Å². The van der Waals surface area contributed by atoms with E-state index in [1.165, 1.54) is 0 Å². The summed E-state index contributed by atoms with van der Waals surface area (Å²) in [4.78, 5) is 19.9. The minimum absolute atomic E-state index is 0. The van der Waals surface area contributed by atoms with Crippen molar-refractivity contribution in [2.45, 2.75) is 18.9 Å². The standard InChI is InChI=1S/C5H9NO4.H2O/c6-3(5(9)10)1-2-4(7)8;/h3H,1-2,6H2,(H,7,8)(H,9,10);1H2/t3-;/m1./s1. The van der Waals surface area contributed by atoms with E-state index in [0.29, 0.717) is 0 Å². The predicted molar refractivity (Wildman–Crippen MR) is 36.1 cm³/mol. The molecular formula is C5H11NO5. The van der Waals surface area contributed by atoms with Gasteiger partial charge in [-0.2, -0.15) is 0 Å². The lowest BCUT2D eigenvalue weighted by Crippen LogP contribution is -2.30. The first-order valence-electron chi connectivity index (χ1n) is 2.74. The van der Waals surface area contributed by atoms with Crippen LogP contribution in [0.15, 0.2) is 0 Å². The Hall–Kier alpha value is -1.14. The van der Waals surface area contributed by atoms with Crippen LogP contribution in [-0.4, -0.2) is 33.7 Å². The molecule has 0 aromatic rings. The zero-order valence-electron chi connectivity index (χ0n) is 5.78. The summed E-state index contributed by atoms with van der Waals surface area (Å²) in [6.45, 7) is 0. The number of carboxylic acids is 2. The van der Waals surface area contributed by atoms with Gasteiger partial charge in [0.1, 0.15) is 6.04 Å². The highest BCUT2D eigenvalue weighted by molar-refractivity contribution is 5.74. The van der Waals surface area contributed by atoms with E-state index in [4.69, 9.17) is 15.9 Å². The van der Waals surface area contributed by atoms with Gasteiger partial charge in [0.05, 0.1) is 0 Å². The summed E-state index contributed by atoms with van der Waals surface area (Å²) in [5.41, 5.74) is 5.00. The number of nitrogens with two attached hydrogens (primary N) is 1. The second kappa shape index (κ2) is 5.63. The molecule has 1 atom stereocenters. The lowest BCUT2D eigenvalue weighted by molar-refractivity contribution is -0.139. The monoisotopic (exact) mass is 165 g/mol. The molecular weight excluding hydrogens is 154 g/mol. The highest BCUT2D eigenvalue weighted by Crippen LogP contribution is 1.93. The predicted octanol–water partition coefficient (Wildman–Crippen LogP) is -1.56. The van der Waals surface area contributed by atoms with Gasteiger partial charge in [-0.1, -0.05) is 0 Å². The van der Waals surface area contributed by atoms with Gasteiger partial charge in [-0.3, -0.25) is 9.59 Å². The van der Waals surface area contributed by atoms with E-state index in [0.717, 1.165) is 0 Å². The Bertz CT molecular complexity index is 146. The lowest BCUT2D eigenvalue weighted by Gasteiger charge is -2.01. The van der Waals surface area contributed by atoms with Gasteiger partial charge < -0.3 is 21.4 Å². The molecule has 0 heterocycles. The summed E-state index contributed by atoms with van der Waals surface area (Å²) in [5.74, 6) is -2.20. The number of carbonyl (C=O) groups is 2. The Kier molecular flexibility index (Phi) is 6.41. The van der Waals surface area contributed by atoms with Crippen LogP contribution in [0.25, 0.3) is 0 Å². The molecule has 0 spiro atoms. The molecule has 0 aliphatic heterocycles. The highest BCUT2D eigenvalue weighted by atomic mass is 16.4. The largest absolute Gasteiger partial charge is 0.481 e. The first-order chi connectivity index (χ1) is 4.54. The van der Waals surface area contributed by atoms with Crippen molar-refractivity contribution in [2.24, 2.45) is 5.73 Å². The third kappa shape index (κ3) is 6.75. The SMILES string of the molecule is N[C@H](CCC(=O)O)C(=O)O.O. The second-order valence-electron chi connectivity index (χ2n) is 1.88. The molecule has 0 bridgehead atoms. The molecule has 0 saturated carbocycles. The number of aliphatic carboxylic acids is 2. The van der Waals surface area contributed by atoms with Gasteiger partial charge in [0.15, 0.2) is 0 Å². The van der Waals surface area contributed by atoms with E-state index in [1.54, 1.807) is 0 Å². The molecule has 66 valence electrons. The van der Waals surface area contributed by atoms with Crippen molar-refractivity contribution in [1.29, 1.82) is 0 Å². The Morgan fingerprint density at radius 3 is 2.09 bits per heavy atom. The molecule has 0 aliphatic rings. The molecule has 0 unspecified atom stereocenters. The van der Waals surface area contributed by atoms with Gasteiger partial charge in [-0.25, -0.2) is 0 Å². The highest BCUT2D eigenvalue weighted by Gasteiger charge is 2.12. The van der Waals surface area contributed by atoms with E-state index in [2.05, 4.69) is 0 Å². The van der Waals surface area contributed by atoms with Gasteiger partial charge in [-0.15, -0.1) is 0 Å². The zero-order valence-corrected chi connectivity index (χ0v) is 5.78. The quantitative estimate of drug-likeness (QED) is 0.463. The summed E-state index contributed by atoms with van der Waals surface area (Å²) in [5, 5.41) is 16.3. The summed E-state index contributed by atoms with van der Waals surface area (Å²) < 4.78 is 0. The average molecular weight is 165 g/mol. The average Bonchev–Trinajstić information content (AvgIpc) is 1.82. The molecule has 11 heavy (non-hydrogen) atoms. The number of carboxylic acid groups (broad SMARTS) is 2. The first-order valence-corrected chi connectivity index (χ1v) is 2.74. The van der Waals surface area contributed by atoms with Gasteiger partial charge in [0.2, 0.25) is 0 Å². The number of hydrogen-bond donors (Lipinski definition) is 3. The molecule has 6 N–H and O–H groups in total. The smallest absolute Gasteiger partial charge is 0.320 e. The molecule has 0 aromatic heterocycles. The first kappa shape index (κ1) is 12.5. The van der Waals surface area contributed by atoms with Gasteiger partial charge in [0.25, 0.3) is 0 Å². The molecule has 0 fully saturated rings. The van der Waals surface area contributed by atoms with Crippen LogP contribution in [0.4, 0.5) is 0 Å². The molecule has 0 rings (SSSR count). The maximum absolute atomic E-state index is 9.99. The van der Waals surface area contributed by atoms with Crippen molar-refractivity contribution in [3.8, 4) is 0 Å². The van der Waals surface area contributed by atoms with Crippen LogP contribution in [0, 0.1) is 0 Å². The zero-order chi connectivity index (χ0) is 8.15. The lowest BCUT2D eigenvalue weighted by atomic mass is 10.2. The van der Waals surface area contributed by atoms with Gasteiger partial charge in [0, 0.05) is 6.42 Å². The molecule has 0 aromatic carbocycles. The Balaban J connectivity index is 0. The Morgan fingerprint density at radius 1 is 1.36 bits per heavy atom. The molecule has 0 saturated heterocycles. The summed E-state index contributed by atoms with van der Waals surface area (Å²) in [6.07, 6.45) is -0.224. The summed E-state index contributed by atoms with van der Waals surface area (Å²) >= 11 is 0. The second-order valence-corrected chi connectivity index (χ2v) is 1.88. The molecule has 0 radical (unpaired) electrons. The fraction of sp³-hybridized carbons (Fsp3) is 0.600. The van der Waals surface area contributed by atoms with Crippen molar-refractivity contribution in [3.05, 3.63) is 0 Å². The van der Waals surface area contributed by atoms with E-state index in [-0.39, 0.29) is 18.3 Å². The van der Waals surface area contributed by atoms with E-state index in [9.17, 15) is 9.59 Å². The van der Waals surface area contributed by atoms with E-state index >= 15 is 0 Å². The minimum Gasteiger partial charge on any atom is -0.481 e. The fourth-order valence-electron chi connectivity index (χ4n) is 0.402. The molecule has 6 heteroatoms. The third-order valence-corrected chi connectivity index (χ3v) is 0.986. The van der Waals surface area contributed by atoms with E-state index < -0.39 is 18.0 Å². The molecule has 6 nitrogen and oxygen atoms in total. The van der Waals surface area contributed by atoms with Crippen LogP contribution in [0.2, 0.25) is 0 Å². The van der Waals surface area contributed by atoms with Crippen molar-refractivity contribution in [3.63, 3.8) is 0 Å². The van der Waals surface area contributed by atoms with Crippen LogP contribution in [0.3, 0.4) is 0 Å². The van der Waals surface area contributed by atoms with Crippen LogP contribution in [-0.2, 0) is 9.59 Å². The number of rotatable bonds is 4. The maximum atomic E-state index is 9.99. The minimum atomic E-state index is -1.17. The Morgan fingerprint density at radius 2 is 1.82 bits per heavy atom. The number of hydrogen-bond acceptors (Lipinski definition) is 3. The molecule has 0 aliphatic carbocycles. The van der Waals surface area contributed by atoms with Crippen LogP contribution < -0.4 is 5.73 Å². The van der Waals surface area contributed by atoms with Crippen molar-refractivity contribution in [2.75, 3.05) is 0 Å². The van der Waals surface area contributed by atoms with E-state index in [1.807, 2.05) is 0 Å². The van der Waals surface area contributed by atoms with Gasteiger partial charge in [-0.05, 0) is 6.42 Å². The topological polar surface area (TPSA) is 132 Å². The summed E-state index contributed by atoms with van der Waals surface area (Å²) in [6, 6.07) is -1.06. The summed E-state index contributed by atoms with van der Waals surface area (Å²) in [7, 11) is 0. The molecule has 0 amide bonds. The normalized spacial score (nSPS) is 11.4.